The Morgan fingerprint density at radius 1 is 1.24 bits per heavy atom. The van der Waals surface area contributed by atoms with E-state index in [9.17, 15) is 0 Å². The lowest BCUT2D eigenvalue weighted by molar-refractivity contribution is 0.217. The van der Waals surface area contributed by atoms with E-state index in [2.05, 4.69) is 78.4 Å². The predicted octanol–water partition coefficient (Wildman–Crippen LogP) is 3.54. The molecule has 1 aliphatic heterocycles. The van der Waals surface area contributed by atoms with Crippen molar-refractivity contribution in [1.29, 1.82) is 0 Å². The van der Waals surface area contributed by atoms with E-state index in [0.29, 0.717) is 12.1 Å². The summed E-state index contributed by atoms with van der Waals surface area (Å²) in [4.78, 5) is 2.51. The molecule has 0 bridgehead atoms. The highest BCUT2D eigenvalue weighted by Crippen LogP contribution is 2.28. The fourth-order valence-electron chi connectivity index (χ4n) is 3.15. The summed E-state index contributed by atoms with van der Waals surface area (Å²) in [6.45, 7) is 4.39. The van der Waals surface area contributed by atoms with Crippen LogP contribution in [0, 0.1) is 0 Å². The topological polar surface area (TPSA) is 15.3 Å². The molecule has 2 aromatic rings. The summed E-state index contributed by atoms with van der Waals surface area (Å²) in [5.74, 6) is 2.46. The molecule has 0 aromatic heterocycles. The maximum absolute atomic E-state index is 3.71. The van der Waals surface area contributed by atoms with Gasteiger partial charge in [0.05, 0.1) is 0 Å². The number of nitrogens with one attached hydrogen (secondary N) is 1. The largest absolute Gasteiger partial charge is 0.309 e. The van der Waals surface area contributed by atoms with Crippen LogP contribution in [0.1, 0.15) is 18.5 Å². The zero-order valence-corrected chi connectivity index (χ0v) is 13.7. The third kappa shape index (κ3) is 3.25. The molecule has 1 N–H and O–H groups in total. The van der Waals surface area contributed by atoms with Gasteiger partial charge in [-0.2, -0.15) is 11.8 Å². The number of fused-ring (bicyclic) bond motifs is 1. The van der Waals surface area contributed by atoms with E-state index >= 15 is 0 Å². The fourth-order valence-corrected chi connectivity index (χ4v) is 4.43. The van der Waals surface area contributed by atoms with Crippen LogP contribution in [0.4, 0.5) is 0 Å². The number of rotatable bonds is 4. The van der Waals surface area contributed by atoms with Crippen molar-refractivity contribution in [3.63, 3.8) is 0 Å². The highest BCUT2D eigenvalue weighted by atomic mass is 32.2. The van der Waals surface area contributed by atoms with E-state index in [1.165, 1.54) is 34.4 Å². The minimum Gasteiger partial charge on any atom is -0.309 e. The van der Waals surface area contributed by atoms with E-state index in [1.54, 1.807) is 0 Å². The van der Waals surface area contributed by atoms with Gasteiger partial charge in [0, 0.05) is 30.1 Å². The van der Waals surface area contributed by atoms with Crippen LogP contribution in [0.25, 0.3) is 10.8 Å². The van der Waals surface area contributed by atoms with Crippen LogP contribution in [-0.2, 0) is 0 Å². The first-order valence-corrected chi connectivity index (χ1v) is 8.95. The normalized spacial score (nSPS) is 21.5. The summed E-state index contributed by atoms with van der Waals surface area (Å²) >= 11 is 2.08. The second-order valence-corrected chi connectivity index (χ2v) is 6.91. The lowest BCUT2D eigenvalue weighted by atomic mass is 9.96. The summed E-state index contributed by atoms with van der Waals surface area (Å²) in [7, 11) is 2.26. The molecular weight excluding hydrogens is 276 g/mol. The highest BCUT2D eigenvalue weighted by Gasteiger charge is 2.28. The minimum absolute atomic E-state index is 0.414. The van der Waals surface area contributed by atoms with E-state index < -0.39 is 0 Å². The van der Waals surface area contributed by atoms with Gasteiger partial charge in [-0.25, -0.2) is 0 Å². The van der Waals surface area contributed by atoms with Crippen molar-refractivity contribution in [2.45, 2.75) is 19.0 Å². The number of hydrogen-bond donors (Lipinski definition) is 1. The van der Waals surface area contributed by atoms with Crippen LogP contribution in [0.15, 0.2) is 42.5 Å². The SMILES string of the molecule is CCNC(c1ccc2ccccc2c1)C1CSCCN1C. The Bertz CT molecular complexity index is 599. The van der Waals surface area contributed by atoms with E-state index in [1.807, 2.05) is 0 Å². The van der Waals surface area contributed by atoms with Crippen molar-refractivity contribution in [3.8, 4) is 0 Å². The lowest BCUT2D eigenvalue weighted by Crippen LogP contribution is -2.47. The molecule has 2 nitrogen and oxygen atoms in total. The van der Waals surface area contributed by atoms with Gasteiger partial charge in [0.2, 0.25) is 0 Å². The van der Waals surface area contributed by atoms with Gasteiger partial charge in [-0.1, -0.05) is 43.3 Å². The predicted molar refractivity (Wildman–Crippen MR) is 94.1 cm³/mol. The Morgan fingerprint density at radius 3 is 2.81 bits per heavy atom. The zero-order chi connectivity index (χ0) is 14.7. The monoisotopic (exact) mass is 300 g/mol. The van der Waals surface area contributed by atoms with Crippen LogP contribution < -0.4 is 5.32 Å². The van der Waals surface area contributed by atoms with Crippen LogP contribution in [0.5, 0.6) is 0 Å². The number of benzene rings is 2. The van der Waals surface area contributed by atoms with Crippen molar-refractivity contribution >= 4 is 22.5 Å². The molecule has 3 heteroatoms. The van der Waals surface area contributed by atoms with Gasteiger partial charge >= 0.3 is 0 Å². The molecule has 2 atom stereocenters. The average Bonchev–Trinajstić information content (AvgIpc) is 2.53. The maximum Gasteiger partial charge on any atom is 0.0486 e. The van der Waals surface area contributed by atoms with Crippen molar-refractivity contribution in [1.82, 2.24) is 10.2 Å². The smallest absolute Gasteiger partial charge is 0.0486 e. The number of thioether (sulfide) groups is 1. The van der Waals surface area contributed by atoms with Gasteiger partial charge < -0.3 is 5.32 Å². The van der Waals surface area contributed by atoms with Crippen molar-refractivity contribution in [3.05, 3.63) is 48.0 Å². The Hall–Kier alpha value is -1.03. The highest BCUT2D eigenvalue weighted by molar-refractivity contribution is 7.99. The Labute approximate surface area is 131 Å². The third-order valence-corrected chi connectivity index (χ3v) is 5.43. The molecule has 2 unspecified atom stereocenters. The fraction of sp³-hybridized carbons (Fsp3) is 0.444. The molecule has 1 heterocycles. The molecule has 0 saturated carbocycles. The van der Waals surface area contributed by atoms with Gasteiger partial charge in [0.25, 0.3) is 0 Å². The molecule has 112 valence electrons. The Kier molecular flexibility index (Phi) is 4.84. The number of likely N-dealkylation sites (N-methyl/N-ethyl adjacent to an activating group) is 2. The Balaban J connectivity index is 1.94. The van der Waals surface area contributed by atoms with E-state index in [4.69, 9.17) is 0 Å². The molecular formula is C18H24N2S. The molecule has 0 aliphatic carbocycles. The molecule has 2 aromatic carbocycles. The molecule has 1 saturated heterocycles. The molecule has 0 amide bonds. The first-order valence-electron chi connectivity index (χ1n) is 7.79. The molecule has 0 radical (unpaired) electrons. The van der Waals surface area contributed by atoms with Crippen molar-refractivity contribution in [2.75, 3.05) is 31.6 Å². The van der Waals surface area contributed by atoms with Gasteiger partial charge in [0.15, 0.2) is 0 Å². The molecule has 1 fully saturated rings. The van der Waals surface area contributed by atoms with Gasteiger partial charge in [-0.05, 0) is 36.0 Å². The van der Waals surface area contributed by atoms with E-state index in [-0.39, 0.29) is 0 Å². The van der Waals surface area contributed by atoms with Crippen LogP contribution in [-0.4, -0.2) is 42.6 Å². The zero-order valence-electron chi connectivity index (χ0n) is 12.9. The lowest BCUT2D eigenvalue weighted by Gasteiger charge is -2.38. The Morgan fingerprint density at radius 2 is 2.05 bits per heavy atom. The van der Waals surface area contributed by atoms with Crippen LogP contribution in [0.2, 0.25) is 0 Å². The summed E-state index contributed by atoms with van der Waals surface area (Å²) in [5, 5.41) is 6.37. The summed E-state index contributed by atoms with van der Waals surface area (Å²) in [6.07, 6.45) is 0. The number of nitrogens with zero attached hydrogens (tertiary/aromatic N) is 1. The van der Waals surface area contributed by atoms with Crippen LogP contribution in [0.3, 0.4) is 0 Å². The third-order valence-electron chi connectivity index (χ3n) is 4.38. The maximum atomic E-state index is 3.71. The van der Waals surface area contributed by atoms with E-state index in [0.717, 1.165) is 6.54 Å². The van der Waals surface area contributed by atoms with Crippen LogP contribution >= 0.6 is 11.8 Å². The summed E-state index contributed by atoms with van der Waals surface area (Å²) in [5.41, 5.74) is 1.41. The van der Waals surface area contributed by atoms with Gasteiger partial charge in [-0.3, -0.25) is 4.90 Å². The molecule has 3 rings (SSSR count). The quantitative estimate of drug-likeness (QED) is 0.930. The molecule has 0 spiro atoms. The first kappa shape index (κ1) is 14.9. The second kappa shape index (κ2) is 6.82. The minimum atomic E-state index is 0.414. The second-order valence-electron chi connectivity index (χ2n) is 5.76. The summed E-state index contributed by atoms with van der Waals surface area (Å²) in [6, 6.07) is 16.5. The number of hydrogen-bond acceptors (Lipinski definition) is 3. The van der Waals surface area contributed by atoms with Gasteiger partial charge in [-0.15, -0.1) is 0 Å². The molecule has 1 aliphatic rings. The standard InChI is InChI=1S/C18H24N2S/c1-3-19-18(17-13-21-11-10-20(17)2)16-9-8-14-6-4-5-7-15(14)12-16/h4-9,12,17-19H,3,10-11,13H2,1-2H3. The summed E-state index contributed by atoms with van der Waals surface area (Å²) < 4.78 is 0. The van der Waals surface area contributed by atoms with Gasteiger partial charge in [0.1, 0.15) is 0 Å². The molecule has 21 heavy (non-hydrogen) atoms. The average molecular weight is 300 g/mol. The van der Waals surface area contributed by atoms with Crippen molar-refractivity contribution in [2.24, 2.45) is 0 Å². The first-order chi connectivity index (χ1) is 10.3. The van der Waals surface area contributed by atoms with Crippen molar-refractivity contribution < 1.29 is 0 Å².